The molecule has 1 aromatic rings. The number of hydrogen-bond donors (Lipinski definition) is 0. The number of piperidine rings is 1. The van der Waals surface area contributed by atoms with Crippen molar-refractivity contribution < 1.29 is 14.3 Å². The Morgan fingerprint density at radius 3 is 2.77 bits per heavy atom. The van der Waals surface area contributed by atoms with Crippen molar-refractivity contribution in [1.82, 2.24) is 9.80 Å². The van der Waals surface area contributed by atoms with Crippen LogP contribution in [0.15, 0.2) is 30.3 Å². The molecule has 2 saturated heterocycles. The lowest BCUT2D eigenvalue weighted by Crippen LogP contribution is -2.67. The number of morpholine rings is 1. The normalized spacial score (nSPS) is 28.5. The lowest BCUT2D eigenvalue weighted by atomic mass is 9.85. The third-order valence-electron chi connectivity index (χ3n) is 4.75. The number of benzene rings is 1. The Morgan fingerprint density at radius 1 is 1.36 bits per heavy atom. The minimum atomic E-state index is -0.480. The van der Waals surface area contributed by atoms with Crippen LogP contribution >= 0.6 is 0 Å². The highest BCUT2D eigenvalue weighted by atomic mass is 16.5. The van der Waals surface area contributed by atoms with E-state index in [2.05, 4.69) is 0 Å². The Bertz CT molecular complexity index is 575. The molecular weight excluding hydrogens is 280 g/mol. The van der Waals surface area contributed by atoms with Gasteiger partial charge in [0.05, 0.1) is 12.6 Å². The van der Waals surface area contributed by atoms with Crippen LogP contribution in [0.1, 0.15) is 25.8 Å². The molecule has 0 saturated carbocycles. The van der Waals surface area contributed by atoms with Gasteiger partial charge in [0.25, 0.3) is 0 Å². The number of carbonyl (C=O) groups excluding carboxylic acids is 2. The highest BCUT2D eigenvalue weighted by Gasteiger charge is 2.49. The lowest BCUT2D eigenvalue weighted by Gasteiger charge is -2.52. The summed E-state index contributed by atoms with van der Waals surface area (Å²) in [5.41, 5.74) is 0.640. The highest BCUT2D eigenvalue weighted by Crippen LogP contribution is 2.33. The van der Waals surface area contributed by atoms with Crippen LogP contribution in [0.5, 0.6) is 0 Å². The van der Waals surface area contributed by atoms with E-state index >= 15 is 0 Å². The maximum Gasteiger partial charge on any atom is 0.249 e. The maximum absolute atomic E-state index is 12.3. The molecule has 3 rings (SSSR count). The van der Waals surface area contributed by atoms with E-state index < -0.39 is 5.60 Å². The lowest BCUT2D eigenvalue weighted by molar-refractivity contribution is -0.190. The van der Waals surface area contributed by atoms with Crippen molar-refractivity contribution in [1.29, 1.82) is 0 Å². The van der Waals surface area contributed by atoms with Gasteiger partial charge in [-0.2, -0.15) is 0 Å². The molecule has 0 spiro atoms. The number of carbonyl (C=O) groups is 2. The van der Waals surface area contributed by atoms with Gasteiger partial charge in [0.2, 0.25) is 11.8 Å². The number of hydrogen-bond acceptors (Lipinski definition) is 3. The second-order valence-corrected chi connectivity index (χ2v) is 6.35. The minimum Gasteiger partial charge on any atom is -0.361 e. The third-order valence-corrected chi connectivity index (χ3v) is 4.75. The molecule has 22 heavy (non-hydrogen) atoms. The average Bonchev–Trinajstić information content (AvgIpc) is 2.51. The smallest absolute Gasteiger partial charge is 0.249 e. The van der Waals surface area contributed by atoms with Crippen LogP contribution in [0.2, 0.25) is 0 Å². The molecule has 118 valence electrons. The van der Waals surface area contributed by atoms with Gasteiger partial charge in [0.1, 0.15) is 12.2 Å². The van der Waals surface area contributed by atoms with Gasteiger partial charge in [-0.15, -0.1) is 0 Å². The van der Waals surface area contributed by atoms with Crippen LogP contribution in [-0.2, 0) is 20.9 Å². The maximum atomic E-state index is 12.3. The molecule has 0 aliphatic carbocycles. The second-order valence-electron chi connectivity index (χ2n) is 6.35. The number of nitrogens with zero attached hydrogens (tertiary/aromatic N) is 2. The van der Waals surface area contributed by atoms with Crippen LogP contribution in [0, 0.1) is 0 Å². The molecule has 2 aliphatic rings. The van der Waals surface area contributed by atoms with Crippen molar-refractivity contribution in [2.75, 3.05) is 19.7 Å². The van der Waals surface area contributed by atoms with Crippen LogP contribution in [0.3, 0.4) is 0 Å². The van der Waals surface area contributed by atoms with Gasteiger partial charge in [-0.25, -0.2) is 0 Å². The van der Waals surface area contributed by atoms with E-state index in [0.717, 1.165) is 12.0 Å². The van der Waals surface area contributed by atoms with E-state index in [1.54, 1.807) is 6.92 Å². The van der Waals surface area contributed by atoms with Crippen LogP contribution in [0.25, 0.3) is 0 Å². The van der Waals surface area contributed by atoms with Crippen molar-refractivity contribution in [2.24, 2.45) is 0 Å². The Kier molecular flexibility index (Phi) is 3.91. The molecule has 2 amide bonds. The van der Waals surface area contributed by atoms with E-state index in [-0.39, 0.29) is 24.5 Å². The van der Waals surface area contributed by atoms with E-state index in [4.69, 9.17) is 4.74 Å². The predicted octanol–water partition coefficient (Wildman–Crippen LogP) is 1.42. The minimum absolute atomic E-state index is 0.0181. The fourth-order valence-corrected chi connectivity index (χ4v) is 3.50. The van der Waals surface area contributed by atoms with Gasteiger partial charge in [0, 0.05) is 20.0 Å². The SMILES string of the molecule is CC(=O)N1CC[C@H]2N(Cc3ccccc3)C(=O)CO[C@]2(C)C1. The fraction of sp³-hybridized carbons (Fsp3) is 0.529. The Morgan fingerprint density at radius 2 is 2.09 bits per heavy atom. The summed E-state index contributed by atoms with van der Waals surface area (Å²) in [5, 5.41) is 0. The fourth-order valence-electron chi connectivity index (χ4n) is 3.50. The van der Waals surface area contributed by atoms with E-state index in [1.165, 1.54) is 0 Å². The van der Waals surface area contributed by atoms with Gasteiger partial charge in [-0.3, -0.25) is 9.59 Å². The van der Waals surface area contributed by atoms with Gasteiger partial charge in [-0.05, 0) is 18.9 Å². The first kappa shape index (κ1) is 15.0. The molecule has 0 unspecified atom stereocenters. The van der Waals surface area contributed by atoms with Crippen LogP contribution in [-0.4, -0.2) is 53.0 Å². The molecule has 2 aliphatic heterocycles. The summed E-state index contributed by atoms with van der Waals surface area (Å²) in [5.74, 6) is 0.0948. The van der Waals surface area contributed by atoms with Crippen molar-refractivity contribution >= 4 is 11.8 Å². The molecule has 2 heterocycles. The average molecular weight is 302 g/mol. The first-order chi connectivity index (χ1) is 10.5. The van der Waals surface area contributed by atoms with Gasteiger partial charge >= 0.3 is 0 Å². The molecule has 0 N–H and O–H groups in total. The Labute approximate surface area is 130 Å². The molecule has 5 heteroatoms. The number of likely N-dealkylation sites (tertiary alicyclic amines) is 1. The molecule has 2 atom stereocenters. The molecule has 5 nitrogen and oxygen atoms in total. The largest absolute Gasteiger partial charge is 0.361 e. The highest BCUT2D eigenvalue weighted by molar-refractivity contribution is 5.79. The monoisotopic (exact) mass is 302 g/mol. The molecule has 0 radical (unpaired) electrons. The Balaban J connectivity index is 1.81. The standard InChI is InChI=1S/C17H22N2O3/c1-13(20)18-9-8-15-17(2,12-18)22-11-16(21)19(15)10-14-6-4-3-5-7-14/h3-7,15H,8-12H2,1-2H3/t15-,17-/m1/s1. The summed E-state index contributed by atoms with van der Waals surface area (Å²) in [4.78, 5) is 27.7. The summed E-state index contributed by atoms with van der Waals surface area (Å²) in [6, 6.07) is 10.0. The molecule has 1 aromatic carbocycles. The van der Waals surface area contributed by atoms with Crippen molar-refractivity contribution in [2.45, 2.75) is 38.5 Å². The quantitative estimate of drug-likeness (QED) is 0.830. The zero-order valence-electron chi connectivity index (χ0n) is 13.1. The summed E-state index contributed by atoms with van der Waals surface area (Å²) in [6.45, 7) is 5.51. The van der Waals surface area contributed by atoms with E-state index in [1.807, 2.05) is 47.1 Å². The van der Waals surface area contributed by atoms with Crippen LogP contribution in [0.4, 0.5) is 0 Å². The number of rotatable bonds is 2. The predicted molar refractivity (Wildman–Crippen MR) is 82.0 cm³/mol. The summed E-state index contributed by atoms with van der Waals surface area (Å²) in [6.07, 6.45) is 0.759. The summed E-state index contributed by atoms with van der Waals surface area (Å²) >= 11 is 0. The molecule has 0 bridgehead atoms. The van der Waals surface area contributed by atoms with Crippen molar-refractivity contribution in [3.05, 3.63) is 35.9 Å². The first-order valence-corrected chi connectivity index (χ1v) is 7.72. The first-order valence-electron chi connectivity index (χ1n) is 7.72. The molecular formula is C17H22N2O3. The summed E-state index contributed by atoms with van der Waals surface area (Å²) in [7, 11) is 0. The zero-order valence-corrected chi connectivity index (χ0v) is 13.1. The molecule has 2 fully saturated rings. The Hall–Kier alpha value is -1.88. The zero-order chi connectivity index (χ0) is 15.7. The van der Waals surface area contributed by atoms with Gasteiger partial charge in [0.15, 0.2) is 0 Å². The number of ether oxygens (including phenoxy) is 1. The van der Waals surface area contributed by atoms with Crippen molar-refractivity contribution in [3.8, 4) is 0 Å². The van der Waals surface area contributed by atoms with Gasteiger partial charge in [-0.1, -0.05) is 30.3 Å². The second kappa shape index (κ2) is 5.72. The van der Waals surface area contributed by atoms with E-state index in [9.17, 15) is 9.59 Å². The van der Waals surface area contributed by atoms with E-state index in [0.29, 0.717) is 19.6 Å². The topological polar surface area (TPSA) is 49.9 Å². The third kappa shape index (κ3) is 2.73. The van der Waals surface area contributed by atoms with Crippen LogP contribution < -0.4 is 0 Å². The molecule has 0 aromatic heterocycles. The number of fused-ring (bicyclic) bond motifs is 1. The summed E-state index contributed by atoms with van der Waals surface area (Å²) < 4.78 is 5.84. The van der Waals surface area contributed by atoms with Crippen molar-refractivity contribution in [3.63, 3.8) is 0 Å². The van der Waals surface area contributed by atoms with Gasteiger partial charge < -0.3 is 14.5 Å². The number of amides is 2.